The number of amides is 1. The van der Waals surface area contributed by atoms with E-state index in [-0.39, 0.29) is 21.2 Å². The number of hydrogen-bond acceptors (Lipinski definition) is 5. The van der Waals surface area contributed by atoms with E-state index in [4.69, 9.17) is 28.9 Å². The molecule has 1 amide bonds. The van der Waals surface area contributed by atoms with Crippen molar-refractivity contribution in [3.05, 3.63) is 51.5 Å². The van der Waals surface area contributed by atoms with Gasteiger partial charge in [-0.2, -0.15) is 0 Å². The highest BCUT2D eigenvalue weighted by molar-refractivity contribution is 7.22. The SMILES string of the molecule is Nc1ccc2nc(NC(=O)c3c(Cl)ccc([C]=O)c3Cl)sc2c1. The van der Waals surface area contributed by atoms with Crippen LogP contribution in [0, 0.1) is 0 Å². The van der Waals surface area contributed by atoms with Crippen molar-refractivity contribution < 1.29 is 9.59 Å². The summed E-state index contributed by atoms with van der Waals surface area (Å²) in [6.45, 7) is 0. The lowest BCUT2D eigenvalue weighted by Crippen LogP contribution is -2.13. The number of nitrogen functional groups attached to an aromatic ring is 1. The van der Waals surface area contributed by atoms with Crippen molar-refractivity contribution >= 4 is 67.8 Å². The quantitative estimate of drug-likeness (QED) is 0.690. The third-order valence-electron chi connectivity index (χ3n) is 3.06. The maximum atomic E-state index is 12.4. The summed E-state index contributed by atoms with van der Waals surface area (Å²) < 4.78 is 0.840. The van der Waals surface area contributed by atoms with Crippen LogP contribution in [0.5, 0.6) is 0 Å². The lowest BCUT2D eigenvalue weighted by molar-refractivity contribution is 0.102. The Kier molecular flexibility index (Phi) is 4.21. The Hall–Kier alpha value is -2.15. The van der Waals surface area contributed by atoms with Crippen LogP contribution < -0.4 is 11.1 Å². The monoisotopic (exact) mass is 364 g/mol. The zero-order valence-electron chi connectivity index (χ0n) is 11.4. The molecule has 8 heteroatoms. The molecule has 23 heavy (non-hydrogen) atoms. The minimum absolute atomic E-state index is 0.00736. The summed E-state index contributed by atoms with van der Waals surface area (Å²) in [6.07, 6.45) is 1.66. The standard InChI is InChI=1S/C15H8Cl2N3O2S/c16-9-3-1-7(6-21)13(17)12(9)14(22)20-15-19-10-4-2-8(18)5-11(10)23-15/h1-5H,18H2,(H,19,20,22). The molecule has 0 unspecified atom stereocenters. The first-order valence-corrected chi connectivity index (χ1v) is 7.90. The van der Waals surface area contributed by atoms with Gasteiger partial charge in [-0.25, -0.2) is 4.98 Å². The van der Waals surface area contributed by atoms with Gasteiger partial charge in [-0.1, -0.05) is 34.5 Å². The van der Waals surface area contributed by atoms with Gasteiger partial charge in [0, 0.05) is 11.3 Å². The summed E-state index contributed by atoms with van der Waals surface area (Å²) in [6, 6.07) is 8.07. The number of nitrogens with zero attached hydrogens (tertiary/aromatic N) is 1. The van der Waals surface area contributed by atoms with Crippen molar-refractivity contribution in [3.63, 3.8) is 0 Å². The zero-order chi connectivity index (χ0) is 16.6. The van der Waals surface area contributed by atoms with Crippen molar-refractivity contribution in [1.29, 1.82) is 0 Å². The number of thiazole rings is 1. The van der Waals surface area contributed by atoms with Crippen LogP contribution in [0.15, 0.2) is 30.3 Å². The van der Waals surface area contributed by atoms with Crippen LogP contribution in [0.25, 0.3) is 10.2 Å². The molecule has 1 heterocycles. The Morgan fingerprint density at radius 3 is 2.78 bits per heavy atom. The molecule has 115 valence electrons. The second kappa shape index (κ2) is 6.16. The molecular weight excluding hydrogens is 357 g/mol. The van der Waals surface area contributed by atoms with Crippen LogP contribution in [-0.2, 0) is 4.79 Å². The molecule has 0 bridgehead atoms. The fourth-order valence-corrected chi connectivity index (χ4v) is 3.48. The van der Waals surface area contributed by atoms with E-state index in [1.54, 1.807) is 24.5 Å². The minimum atomic E-state index is -0.552. The smallest absolute Gasteiger partial charge is 0.260 e. The maximum Gasteiger partial charge on any atom is 0.260 e. The van der Waals surface area contributed by atoms with Gasteiger partial charge in [-0.15, -0.1) is 0 Å². The summed E-state index contributed by atoms with van der Waals surface area (Å²) in [5.41, 5.74) is 7.12. The van der Waals surface area contributed by atoms with E-state index in [2.05, 4.69) is 10.3 Å². The van der Waals surface area contributed by atoms with E-state index in [1.807, 2.05) is 0 Å². The number of fused-ring (bicyclic) bond motifs is 1. The number of anilines is 2. The number of carbonyl (C=O) groups is 1. The number of benzene rings is 2. The van der Waals surface area contributed by atoms with Gasteiger partial charge in [0.15, 0.2) is 5.13 Å². The van der Waals surface area contributed by atoms with Crippen LogP contribution in [0.3, 0.4) is 0 Å². The highest BCUT2D eigenvalue weighted by Gasteiger charge is 2.19. The first-order chi connectivity index (χ1) is 11.0. The summed E-state index contributed by atoms with van der Waals surface area (Å²) in [7, 11) is 0. The second-order valence-electron chi connectivity index (χ2n) is 4.59. The topological polar surface area (TPSA) is 85.1 Å². The lowest BCUT2D eigenvalue weighted by atomic mass is 10.1. The van der Waals surface area contributed by atoms with Gasteiger partial charge >= 0.3 is 0 Å². The van der Waals surface area contributed by atoms with Crippen molar-refractivity contribution in [2.45, 2.75) is 0 Å². The molecule has 0 aliphatic heterocycles. The molecule has 5 nitrogen and oxygen atoms in total. The van der Waals surface area contributed by atoms with Crippen molar-refractivity contribution in [2.24, 2.45) is 0 Å². The summed E-state index contributed by atoms with van der Waals surface area (Å²) in [5.74, 6) is -0.552. The van der Waals surface area contributed by atoms with E-state index in [9.17, 15) is 9.59 Å². The molecule has 0 aliphatic rings. The number of nitrogens with two attached hydrogens (primary N) is 1. The number of nitrogens with one attached hydrogen (secondary N) is 1. The fourth-order valence-electron chi connectivity index (χ4n) is 1.99. The largest absolute Gasteiger partial charge is 0.399 e. The van der Waals surface area contributed by atoms with Gasteiger partial charge < -0.3 is 5.73 Å². The molecule has 1 radical (unpaired) electrons. The molecule has 0 atom stereocenters. The van der Waals surface area contributed by atoms with Gasteiger partial charge in [0.2, 0.25) is 6.29 Å². The van der Waals surface area contributed by atoms with Gasteiger partial charge in [0.1, 0.15) is 0 Å². The average Bonchev–Trinajstić information content (AvgIpc) is 2.88. The Balaban J connectivity index is 1.96. The molecule has 3 aromatic rings. The Morgan fingerprint density at radius 1 is 1.26 bits per heavy atom. The molecule has 0 saturated heterocycles. The predicted octanol–water partition coefficient (Wildman–Crippen LogP) is 3.90. The average molecular weight is 365 g/mol. The van der Waals surface area contributed by atoms with E-state index < -0.39 is 5.91 Å². The highest BCUT2D eigenvalue weighted by atomic mass is 35.5. The molecule has 3 N–H and O–H groups in total. The molecule has 3 rings (SSSR count). The minimum Gasteiger partial charge on any atom is -0.399 e. The van der Waals surface area contributed by atoms with Crippen LogP contribution in [0.1, 0.15) is 15.9 Å². The van der Waals surface area contributed by atoms with Crippen LogP contribution in [0.4, 0.5) is 10.8 Å². The Bertz CT molecular complexity index is 940. The van der Waals surface area contributed by atoms with E-state index in [0.29, 0.717) is 16.3 Å². The number of halogens is 2. The first-order valence-electron chi connectivity index (χ1n) is 6.33. The Labute approximate surface area is 145 Å². The lowest BCUT2D eigenvalue weighted by Gasteiger charge is -2.07. The first kappa shape index (κ1) is 15.7. The van der Waals surface area contributed by atoms with Gasteiger partial charge in [-0.05, 0) is 30.3 Å². The fraction of sp³-hybridized carbons (Fsp3) is 0. The van der Waals surface area contributed by atoms with Crippen LogP contribution in [0.2, 0.25) is 10.0 Å². The second-order valence-corrected chi connectivity index (χ2v) is 6.40. The maximum absolute atomic E-state index is 12.4. The van der Waals surface area contributed by atoms with E-state index in [0.717, 1.165) is 4.70 Å². The molecule has 0 fully saturated rings. The van der Waals surface area contributed by atoms with E-state index in [1.165, 1.54) is 23.5 Å². The number of rotatable bonds is 3. The van der Waals surface area contributed by atoms with Gasteiger partial charge in [0.25, 0.3) is 5.91 Å². The van der Waals surface area contributed by atoms with Gasteiger partial charge in [-0.3, -0.25) is 14.9 Å². The molecule has 0 aliphatic carbocycles. The normalized spacial score (nSPS) is 10.7. The number of hydrogen-bond donors (Lipinski definition) is 2. The summed E-state index contributed by atoms with van der Waals surface area (Å²) >= 11 is 13.3. The predicted molar refractivity (Wildman–Crippen MR) is 93.2 cm³/mol. The van der Waals surface area contributed by atoms with Crippen molar-refractivity contribution in [1.82, 2.24) is 4.98 Å². The summed E-state index contributed by atoms with van der Waals surface area (Å²) in [5, 5.41) is 3.10. The zero-order valence-corrected chi connectivity index (χ0v) is 13.7. The third-order valence-corrected chi connectivity index (χ3v) is 4.70. The molecule has 1 aromatic heterocycles. The van der Waals surface area contributed by atoms with Gasteiger partial charge in [0.05, 0.1) is 25.8 Å². The molecular formula is C15H8Cl2N3O2S. The number of aromatic nitrogens is 1. The van der Waals surface area contributed by atoms with Crippen molar-refractivity contribution in [2.75, 3.05) is 11.1 Å². The van der Waals surface area contributed by atoms with Crippen molar-refractivity contribution in [3.8, 4) is 0 Å². The number of carbonyl (C=O) groups excluding carboxylic acids is 2. The highest BCUT2D eigenvalue weighted by Crippen LogP contribution is 2.31. The third kappa shape index (κ3) is 3.01. The Morgan fingerprint density at radius 2 is 2.04 bits per heavy atom. The molecule has 0 saturated carbocycles. The van der Waals surface area contributed by atoms with Crippen LogP contribution in [-0.4, -0.2) is 17.2 Å². The summed E-state index contributed by atoms with van der Waals surface area (Å²) in [4.78, 5) is 27.5. The molecule has 0 spiro atoms. The molecule has 2 aromatic carbocycles. The van der Waals surface area contributed by atoms with E-state index >= 15 is 0 Å². The van der Waals surface area contributed by atoms with Crippen LogP contribution >= 0.6 is 34.5 Å².